The monoisotopic (exact) mass is 560 g/mol. The molecule has 1 aliphatic rings. The van der Waals surface area contributed by atoms with Crippen LogP contribution in [0.5, 0.6) is 0 Å². The van der Waals surface area contributed by atoms with E-state index in [9.17, 15) is 19.2 Å². The van der Waals surface area contributed by atoms with Gasteiger partial charge in [0.05, 0.1) is 19.4 Å². The van der Waals surface area contributed by atoms with Gasteiger partial charge in [-0.1, -0.05) is 43.7 Å². The first-order chi connectivity index (χ1) is 19.2. The smallest absolute Gasteiger partial charge is 0.408 e. The van der Waals surface area contributed by atoms with Crippen LogP contribution in [0.25, 0.3) is 0 Å². The summed E-state index contributed by atoms with van der Waals surface area (Å²) in [5, 5.41) is 13.1. The molecule has 5 N–H and O–H groups in total. The first-order valence-electron chi connectivity index (χ1n) is 14.0. The van der Waals surface area contributed by atoms with E-state index >= 15 is 0 Å². The van der Waals surface area contributed by atoms with E-state index < -0.39 is 29.9 Å². The molecule has 2 rings (SSSR count). The van der Waals surface area contributed by atoms with Crippen molar-refractivity contribution >= 4 is 29.8 Å². The molecule has 40 heavy (non-hydrogen) atoms. The van der Waals surface area contributed by atoms with Crippen LogP contribution in [0.3, 0.4) is 0 Å². The lowest BCUT2D eigenvalue weighted by Gasteiger charge is -2.33. The lowest BCUT2D eigenvalue weighted by atomic mass is 9.98. The van der Waals surface area contributed by atoms with Gasteiger partial charge in [0, 0.05) is 32.7 Å². The minimum absolute atomic E-state index is 0.00892. The summed E-state index contributed by atoms with van der Waals surface area (Å²) >= 11 is 0. The van der Waals surface area contributed by atoms with Crippen LogP contribution in [0.15, 0.2) is 30.3 Å². The molecule has 1 fully saturated rings. The molecule has 1 aliphatic heterocycles. The van der Waals surface area contributed by atoms with Gasteiger partial charge in [-0.2, -0.15) is 0 Å². The minimum atomic E-state index is -1.18. The van der Waals surface area contributed by atoms with Gasteiger partial charge in [0.25, 0.3) is 0 Å². The number of nitrogens with zero attached hydrogens (tertiary/aromatic N) is 2. The number of carbonyl (C=O) groups is 4. The van der Waals surface area contributed by atoms with Gasteiger partial charge in [0.1, 0.15) is 12.6 Å². The van der Waals surface area contributed by atoms with Gasteiger partial charge < -0.3 is 35.6 Å². The number of rotatable bonds is 15. The fourth-order valence-corrected chi connectivity index (χ4v) is 4.43. The molecule has 0 bridgehead atoms. The Balaban J connectivity index is 2.06. The molecule has 12 heteroatoms. The van der Waals surface area contributed by atoms with Crippen molar-refractivity contribution in [3.05, 3.63) is 35.9 Å². The SMILES string of the molecule is CCCCN(CCC(=O)OCC)C(=O)[C@H](CC(=O)NC[C@@H]1CCCN(C(=N)N)C1)NC(=O)OCc1ccccc1. The third-order valence-corrected chi connectivity index (χ3v) is 6.62. The number of hydrogen-bond acceptors (Lipinski definition) is 7. The van der Waals surface area contributed by atoms with Gasteiger partial charge >= 0.3 is 12.1 Å². The number of alkyl carbamates (subject to hydrolysis) is 1. The molecule has 1 aromatic carbocycles. The van der Waals surface area contributed by atoms with Crippen LogP contribution in [0, 0.1) is 11.3 Å². The maximum atomic E-state index is 13.6. The van der Waals surface area contributed by atoms with Crippen LogP contribution in [0.4, 0.5) is 4.79 Å². The van der Waals surface area contributed by atoms with Crippen LogP contribution in [0.1, 0.15) is 57.9 Å². The van der Waals surface area contributed by atoms with Crippen molar-refractivity contribution in [2.75, 3.05) is 39.3 Å². The summed E-state index contributed by atoms with van der Waals surface area (Å²) in [5.41, 5.74) is 6.40. The maximum Gasteiger partial charge on any atom is 0.408 e. The van der Waals surface area contributed by atoms with Crippen molar-refractivity contribution in [3.8, 4) is 0 Å². The van der Waals surface area contributed by atoms with Crippen molar-refractivity contribution in [1.82, 2.24) is 20.4 Å². The number of carbonyl (C=O) groups excluding carboxylic acids is 4. The van der Waals surface area contributed by atoms with E-state index in [-0.39, 0.29) is 44.5 Å². The van der Waals surface area contributed by atoms with Gasteiger partial charge in [-0.25, -0.2) is 4.79 Å². The number of piperidine rings is 1. The van der Waals surface area contributed by atoms with Crippen LogP contribution in [-0.4, -0.2) is 85.0 Å². The molecule has 3 amide bonds. The van der Waals surface area contributed by atoms with Crippen LogP contribution < -0.4 is 16.4 Å². The second-order valence-corrected chi connectivity index (χ2v) is 9.84. The second kappa shape index (κ2) is 17.7. The fraction of sp³-hybridized carbons (Fsp3) is 0.607. The molecular formula is C28H44N6O6. The zero-order valence-electron chi connectivity index (χ0n) is 23.7. The van der Waals surface area contributed by atoms with E-state index in [1.165, 1.54) is 4.90 Å². The molecule has 12 nitrogen and oxygen atoms in total. The van der Waals surface area contributed by atoms with Gasteiger partial charge in [-0.3, -0.25) is 19.8 Å². The number of nitrogens with two attached hydrogens (primary N) is 1. The zero-order valence-corrected chi connectivity index (χ0v) is 23.7. The number of nitrogens with one attached hydrogen (secondary N) is 3. The van der Waals surface area contributed by atoms with E-state index in [4.69, 9.17) is 20.6 Å². The third kappa shape index (κ3) is 11.9. The topological polar surface area (TPSA) is 167 Å². The van der Waals surface area contributed by atoms with Crippen molar-refractivity contribution in [2.24, 2.45) is 11.7 Å². The highest BCUT2D eigenvalue weighted by atomic mass is 16.5. The maximum absolute atomic E-state index is 13.6. The number of guanidine groups is 1. The largest absolute Gasteiger partial charge is 0.466 e. The number of likely N-dealkylation sites (tertiary alicyclic amines) is 1. The van der Waals surface area contributed by atoms with E-state index in [1.54, 1.807) is 11.8 Å². The quantitative estimate of drug-likeness (QED) is 0.143. The van der Waals surface area contributed by atoms with Crippen molar-refractivity contribution in [1.29, 1.82) is 5.41 Å². The fourth-order valence-electron chi connectivity index (χ4n) is 4.43. The molecule has 0 radical (unpaired) electrons. The normalized spacial score (nSPS) is 15.4. The number of unbranched alkanes of at least 4 members (excludes halogenated alkanes) is 1. The van der Waals surface area contributed by atoms with E-state index in [1.807, 2.05) is 37.3 Å². The lowest BCUT2D eigenvalue weighted by Crippen LogP contribution is -2.52. The highest BCUT2D eigenvalue weighted by molar-refractivity contribution is 5.91. The summed E-state index contributed by atoms with van der Waals surface area (Å²) in [4.78, 5) is 54.4. The van der Waals surface area contributed by atoms with Crippen LogP contribution in [-0.2, 0) is 30.5 Å². The third-order valence-electron chi connectivity index (χ3n) is 6.62. The molecule has 0 spiro atoms. The lowest BCUT2D eigenvalue weighted by molar-refractivity contribution is -0.144. The Bertz CT molecular complexity index is 975. The average Bonchev–Trinajstić information content (AvgIpc) is 2.95. The number of benzene rings is 1. The molecule has 1 saturated heterocycles. The molecule has 222 valence electrons. The Morgan fingerprint density at radius 2 is 1.90 bits per heavy atom. The number of amides is 3. The summed E-state index contributed by atoms with van der Waals surface area (Å²) in [7, 11) is 0. The summed E-state index contributed by atoms with van der Waals surface area (Å²) in [6.07, 6.45) is 2.16. The Morgan fingerprint density at radius 3 is 2.58 bits per heavy atom. The summed E-state index contributed by atoms with van der Waals surface area (Å²) in [6.45, 7) is 6.08. The Labute approximate surface area is 236 Å². The van der Waals surface area contributed by atoms with Crippen LogP contribution >= 0.6 is 0 Å². The molecular weight excluding hydrogens is 516 g/mol. The number of esters is 1. The van der Waals surface area contributed by atoms with Gasteiger partial charge in [0.2, 0.25) is 11.8 Å². The summed E-state index contributed by atoms with van der Waals surface area (Å²) in [6, 6.07) is 7.94. The summed E-state index contributed by atoms with van der Waals surface area (Å²) in [5.74, 6) is -1.17. The molecule has 2 atom stereocenters. The number of hydrogen-bond donors (Lipinski definition) is 4. The minimum Gasteiger partial charge on any atom is -0.466 e. The zero-order chi connectivity index (χ0) is 29.3. The predicted molar refractivity (Wildman–Crippen MR) is 150 cm³/mol. The highest BCUT2D eigenvalue weighted by Crippen LogP contribution is 2.15. The molecule has 0 unspecified atom stereocenters. The van der Waals surface area contributed by atoms with Crippen LogP contribution in [0.2, 0.25) is 0 Å². The van der Waals surface area contributed by atoms with Gasteiger partial charge in [0.15, 0.2) is 5.96 Å². The molecule has 0 saturated carbocycles. The van der Waals surface area contributed by atoms with Gasteiger partial charge in [-0.05, 0) is 37.7 Å². The first kappa shape index (κ1) is 32.4. The second-order valence-electron chi connectivity index (χ2n) is 9.84. The van der Waals surface area contributed by atoms with Crippen molar-refractivity contribution in [3.63, 3.8) is 0 Å². The molecule has 1 heterocycles. The van der Waals surface area contributed by atoms with E-state index in [0.29, 0.717) is 32.6 Å². The molecule has 0 aliphatic carbocycles. The first-order valence-corrected chi connectivity index (χ1v) is 14.0. The van der Waals surface area contributed by atoms with E-state index in [0.717, 1.165) is 24.8 Å². The Morgan fingerprint density at radius 1 is 1.15 bits per heavy atom. The predicted octanol–water partition coefficient (Wildman–Crippen LogP) is 1.98. The van der Waals surface area contributed by atoms with Crippen molar-refractivity contribution < 1.29 is 28.7 Å². The average molecular weight is 561 g/mol. The Hall–Kier alpha value is -3.83. The van der Waals surface area contributed by atoms with E-state index in [2.05, 4.69) is 10.6 Å². The number of ether oxygens (including phenoxy) is 2. The van der Waals surface area contributed by atoms with Crippen molar-refractivity contribution in [2.45, 2.75) is 65.0 Å². The molecule has 0 aromatic heterocycles. The highest BCUT2D eigenvalue weighted by Gasteiger charge is 2.30. The molecule has 1 aromatic rings. The Kier molecular flexibility index (Phi) is 14.3. The van der Waals surface area contributed by atoms with Gasteiger partial charge in [-0.15, -0.1) is 0 Å². The standard InChI is InChI=1S/C28H44N6O6/c1-3-5-14-33(16-13-25(36)39-4-2)26(37)23(32-28(38)40-20-21-10-7-6-8-11-21)17-24(35)31-18-22-12-9-15-34(19-22)27(29)30/h6-8,10-11,22-23H,3-5,9,12-20H2,1-2H3,(H3,29,30)(H,31,35)(H,32,38)/t22-,23-/m0/s1. The summed E-state index contributed by atoms with van der Waals surface area (Å²) < 4.78 is 10.3.